The Kier molecular flexibility index (Phi) is 5.47. The zero-order valence-electron chi connectivity index (χ0n) is 16.4. The molecule has 2 heterocycles. The lowest BCUT2D eigenvalue weighted by atomic mass is 9.96. The molecule has 1 atom stereocenters. The number of amides is 1. The van der Waals surface area contributed by atoms with E-state index in [1.54, 1.807) is 41.5 Å². The summed E-state index contributed by atoms with van der Waals surface area (Å²) >= 11 is 1.16. The van der Waals surface area contributed by atoms with Crippen molar-refractivity contribution in [2.24, 2.45) is 0 Å². The van der Waals surface area contributed by atoms with Gasteiger partial charge in [-0.2, -0.15) is 0 Å². The molecule has 150 valence electrons. The first-order valence-electron chi connectivity index (χ1n) is 8.55. The Morgan fingerprint density at radius 2 is 1.67 bits per heavy atom. The Balaban J connectivity index is 2.39. The lowest BCUT2D eigenvalue weighted by Gasteiger charge is -2.34. The highest BCUT2D eigenvalue weighted by molar-refractivity contribution is 7.16. The molecule has 27 heavy (non-hydrogen) atoms. The largest absolute Gasteiger partial charge is 0.480 e. The average Bonchev–Trinajstić information content (AvgIpc) is 2.76. The van der Waals surface area contributed by atoms with Crippen molar-refractivity contribution in [1.29, 1.82) is 0 Å². The molecule has 0 radical (unpaired) electrons. The van der Waals surface area contributed by atoms with Gasteiger partial charge in [0, 0.05) is 11.3 Å². The molecule has 2 rings (SSSR count). The first-order valence-corrected chi connectivity index (χ1v) is 9.37. The van der Waals surface area contributed by atoms with Crippen molar-refractivity contribution in [3.05, 3.63) is 16.0 Å². The van der Waals surface area contributed by atoms with Crippen LogP contribution in [0.1, 0.15) is 62.3 Å². The summed E-state index contributed by atoms with van der Waals surface area (Å²) in [7, 11) is 0. The van der Waals surface area contributed by atoms with Crippen LogP contribution in [0.15, 0.2) is 0 Å². The summed E-state index contributed by atoms with van der Waals surface area (Å²) in [5.41, 5.74) is 5.28. The molecule has 0 saturated carbocycles. The minimum Gasteiger partial charge on any atom is -0.480 e. The number of carbonyl (C=O) groups excluding carboxylic acids is 2. The van der Waals surface area contributed by atoms with E-state index in [0.29, 0.717) is 10.4 Å². The van der Waals surface area contributed by atoms with Gasteiger partial charge < -0.3 is 20.3 Å². The minimum absolute atomic E-state index is 0.0128. The number of nitrogens with zero attached hydrogens (tertiary/aromatic N) is 1. The van der Waals surface area contributed by atoms with E-state index in [9.17, 15) is 19.5 Å². The van der Waals surface area contributed by atoms with Crippen molar-refractivity contribution in [2.75, 3.05) is 5.73 Å². The standard InChI is InChI=1S/C18H26N2O6S/c1-17(2,3)25-15(23)12-9-7-10(14(21)22)20(8-11(9)27-13(12)19)16(24)26-18(4,5)6/h10H,7-8,19H2,1-6H3,(H,21,22). The molecule has 0 saturated heterocycles. The van der Waals surface area contributed by atoms with Crippen LogP contribution in [0.4, 0.5) is 9.80 Å². The van der Waals surface area contributed by atoms with E-state index < -0.39 is 35.3 Å². The molecule has 1 aromatic rings. The fourth-order valence-corrected chi connectivity index (χ4v) is 3.82. The quantitative estimate of drug-likeness (QED) is 0.735. The number of carbonyl (C=O) groups is 3. The molecule has 3 N–H and O–H groups in total. The van der Waals surface area contributed by atoms with Gasteiger partial charge in [-0.15, -0.1) is 11.3 Å². The maximum absolute atomic E-state index is 12.5. The number of thiophene rings is 1. The van der Waals surface area contributed by atoms with Crippen molar-refractivity contribution < 1.29 is 29.0 Å². The van der Waals surface area contributed by atoms with Gasteiger partial charge in [-0.1, -0.05) is 0 Å². The Hall–Kier alpha value is -2.29. The van der Waals surface area contributed by atoms with Crippen LogP contribution in [0.3, 0.4) is 0 Å². The van der Waals surface area contributed by atoms with E-state index in [-0.39, 0.29) is 23.5 Å². The van der Waals surface area contributed by atoms with Gasteiger partial charge in [0.05, 0.1) is 12.1 Å². The summed E-state index contributed by atoms with van der Waals surface area (Å²) in [6.45, 7) is 10.4. The second-order valence-corrected chi connectivity index (χ2v) is 9.55. The second kappa shape index (κ2) is 7.03. The Morgan fingerprint density at radius 3 is 2.15 bits per heavy atom. The summed E-state index contributed by atoms with van der Waals surface area (Å²) in [6, 6.07) is -1.15. The summed E-state index contributed by atoms with van der Waals surface area (Å²) in [6.07, 6.45) is -0.752. The van der Waals surface area contributed by atoms with Crippen LogP contribution >= 0.6 is 11.3 Å². The van der Waals surface area contributed by atoms with Crippen LogP contribution in [0, 0.1) is 0 Å². The highest BCUT2D eigenvalue weighted by Crippen LogP contribution is 2.38. The number of hydrogen-bond donors (Lipinski definition) is 2. The molecule has 9 heteroatoms. The van der Waals surface area contributed by atoms with Crippen LogP contribution < -0.4 is 5.73 Å². The Labute approximate surface area is 162 Å². The number of rotatable bonds is 2. The van der Waals surface area contributed by atoms with Gasteiger partial charge in [-0.25, -0.2) is 14.4 Å². The number of carboxylic acid groups (broad SMARTS) is 1. The van der Waals surface area contributed by atoms with Crippen molar-refractivity contribution in [3.63, 3.8) is 0 Å². The van der Waals surface area contributed by atoms with E-state index in [2.05, 4.69) is 0 Å². The number of hydrogen-bond acceptors (Lipinski definition) is 7. The third-order valence-electron chi connectivity index (χ3n) is 3.72. The van der Waals surface area contributed by atoms with E-state index in [1.807, 2.05) is 0 Å². The Bertz CT molecular complexity index is 772. The zero-order valence-corrected chi connectivity index (χ0v) is 17.2. The lowest BCUT2D eigenvalue weighted by molar-refractivity contribution is -0.143. The molecule has 8 nitrogen and oxygen atoms in total. The van der Waals surface area contributed by atoms with Crippen molar-refractivity contribution in [2.45, 2.75) is 71.8 Å². The molecule has 0 aromatic carbocycles. The SMILES string of the molecule is CC(C)(C)OC(=O)c1c(N)sc2c1CC(C(=O)O)N(C(=O)OC(C)(C)C)C2. The fourth-order valence-electron chi connectivity index (χ4n) is 2.73. The van der Waals surface area contributed by atoms with Gasteiger partial charge in [0.1, 0.15) is 22.2 Å². The topological polar surface area (TPSA) is 119 Å². The first-order chi connectivity index (χ1) is 12.2. The maximum atomic E-state index is 12.5. The van der Waals surface area contributed by atoms with Crippen LogP contribution in [-0.2, 0) is 27.2 Å². The summed E-state index contributed by atoms with van der Waals surface area (Å²) in [4.78, 5) is 38.6. The average molecular weight is 398 g/mol. The molecule has 0 bridgehead atoms. The number of esters is 1. The van der Waals surface area contributed by atoms with E-state index in [1.165, 1.54) is 0 Å². The van der Waals surface area contributed by atoms with Gasteiger partial charge in [0.25, 0.3) is 0 Å². The molecule has 1 aliphatic heterocycles. The van der Waals surface area contributed by atoms with Gasteiger partial charge in [-0.3, -0.25) is 4.90 Å². The summed E-state index contributed by atoms with van der Waals surface area (Å²) in [5, 5.41) is 9.86. The molecule has 1 amide bonds. The van der Waals surface area contributed by atoms with E-state index in [4.69, 9.17) is 15.2 Å². The highest BCUT2D eigenvalue weighted by Gasteiger charge is 2.41. The maximum Gasteiger partial charge on any atom is 0.411 e. The number of nitrogen functional groups attached to an aromatic ring is 1. The molecular formula is C18H26N2O6S. The fraction of sp³-hybridized carbons (Fsp3) is 0.611. The van der Waals surface area contributed by atoms with Crippen LogP contribution in [0.2, 0.25) is 0 Å². The third kappa shape index (κ3) is 4.91. The number of aliphatic carboxylic acids is 1. The molecule has 1 aromatic heterocycles. The van der Waals surface area contributed by atoms with Crippen LogP contribution in [0.25, 0.3) is 0 Å². The first kappa shape index (κ1) is 21.0. The number of ether oxygens (including phenoxy) is 2. The number of anilines is 1. The third-order valence-corrected chi connectivity index (χ3v) is 4.77. The van der Waals surface area contributed by atoms with E-state index in [0.717, 1.165) is 16.2 Å². The predicted molar refractivity (Wildman–Crippen MR) is 101 cm³/mol. The molecule has 0 aliphatic carbocycles. The second-order valence-electron chi connectivity index (χ2n) is 8.41. The smallest absolute Gasteiger partial charge is 0.411 e. The molecule has 0 spiro atoms. The minimum atomic E-state index is -1.17. The lowest BCUT2D eigenvalue weighted by Crippen LogP contribution is -2.50. The molecule has 1 unspecified atom stereocenters. The van der Waals surface area contributed by atoms with Gasteiger partial charge in [0.2, 0.25) is 0 Å². The molecular weight excluding hydrogens is 372 g/mol. The number of carboxylic acids is 1. The number of fused-ring (bicyclic) bond motifs is 1. The summed E-state index contributed by atoms with van der Waals surface area (Å²) < 4.78 is 10.7. The highest BCUT2D eigenvalue weighted by atomic mass is 32.1. The van der Waals surface area contributed by atoms with Gasteiger partial charge in [0.15, 0.2) is 0 Å². The van der Waals surface area contributed by atoms with Gasteiger partial charge >= 0.3 is 18.0 Å². The van der Waals surface area contributed by atoms with Crippen molar-refractivity contribution in [1.82, 2.24) is 4.90 Å². The predicted octanol–water partition coefficient (Wildman–Crippen LogP) is 3.03. The van der Waals surface area contributed by atoms with Crippen molar-refractivity contribution in [3.8, 4) is 0 Å². The van der Waals surface area contributed by atoms with Crippen LogP contribution in [0.5, 0.6) is 0 Å². The zero-order chi connectivity index (χ0) is 20.7. The monoisotopic (exact) mass is 398 g/mol. The molecule has 1 aliphatic rings. The van der Waals surface area contributed by atoms with Gasteiger partial charge in [-0.05, 0) is 47.1 Å². The normalized spacial score (nSPS) is 17.3. The Morgan fingerprint density at radius 1 is 1.11 bits per heavy atom. The van der Waals surface area contributed by atoms with Crippen molar-refractivity contribution >= 4 is 34.4 Å². The summed E-state index contributed by atoms with van der Waals surface area (Å²) in [5.74, 6) is -1.77. The van der Waals surface area contributed by atoms with E-state index >= 15 is 0 Å². The number of nitrogens with two attached hydrogens (primary N) is 1. The van der Waals surface area contributed by atoms with Crippen LogP contribution in [-0.4, -0.2) is 45.3 Å². The molecule has 0 fully saturated rings.